The highest BCUT2D eigenvalue weighted by atomic mass is 16.4. The Labute approximate surface area is 60.9 Å². The van der Waals surface area contributed by atoms with Gasteiger partial charge in [0.1, 0.15) is 0 Å². The van der Waals surface area contributed by atoms with Gasteiger partial charge < -0.3 is 5.11 Å². The average Bonchev–Trinajstić information content (AvgIpc) is 1.87. The second-order valence-corrected chi connectivity index (χ2v) is 1.92. The molecular formula is C8H12O2. The van der Waals surface area contributed by atoms with Crippen molar-refractivity contribution in [1.29, 1.82) is 0 Å². The molecule has 0 aliphatic carbocycles. The fourth-order valence-corrected chi connectivity index (χ4v) is 0.480. The second kappa shape index (κ2) is 6.12. The van der Waals surface area contributed by atoms with Crippen molar-refractivity contribution in [3.8, 4) is 0 Å². The third-order valence-corrected chi connectivity index (χ3v) is 0.942. The predicted octanol–water partition coefficient (Wildman–Crippen LogP) is 1.97. The quantitative estimate of drug-likeness (QED) is 0.606. The topological polar surface area (TPSA) is 37.3 Å². The lowest BCUT2D eigenvalue weighted by molar-refractivity contribution is -0.136. The normalized spacial score (nSPS) is 8.10. The minimum atomic E-state index is -0.755. The molecule has 0 saturated heterocycles. The van der Waals surface area contributed by atoms with Crippen molar-refractivity contribution in [3.63, 3.8) is 0 Å². The van der Waals surface area contributed by atoms with Crippen LogP contribution in [-0.2, 0) is 4.79 Å². The SMILES string of the molecule is CCC=C=CCCC(=O)O. The molecule has 0 aromatic rings. The van der Waals surface area contributed by atoms with Gasteiger partial charge in [-0.1, -0.05) is 6.92 Å². The van der Waals surface area contributed by atoms with Crippen LogP contribution >= 0.6 is 0 Å². The molecule has 2 nitrogen and oxygen atoms in total. The first-order chi connectivity index (χ1) is 4.77. The predicted molar refractivity (Wildman–Crippen MR) is 39.8 cm³/mol. The molecule has 0 heterocycles. The maximum atomic E-state index is 9.97. The average molecular weight is 140 g/mol. The molecule has 0 unspecified atom stereocenters. The fraction of sp³-hybridized carbons (Fsp3) is 0.500. The van der Waals surface area contributed by atoms with Gasteiger partial charge in [-0.05, 0) is 25.0 Å². The summed E-state index contributed by atoms with van der Waals surface area (Å²) >= 11 is 0. The summed E-state index contributed by atoms with van der Waals surface area (Å²) in [6, 6.07) is 0. The number of carboxylic acids is 1. The summed E-state index contributed by atoms with van der Waals surface area (Å²) in [6.45, 7) is 2.01. The van der Waals surface area contributed by atoms with Gasteiger partial charge in [0.2, 0.25) is 0 Å². The molecule has 0 amide bonds. The van der Waals surface area contributed by atoms with E-state index in [2.05, 4.69) is 5.73 Å². The molecule has 0 aliphatic heterocycles. The van der Waals surface area contributed by atoms with E-state index in [-0.39, 0.29) is 6.42 Å². The van der Waals surface area contributed by atoms with Crippen LogP contribution in [-0.4, -0.2) is 11.1 Å². The molecule has 10 heavy (non-hydrogen) atoms. The summed E-state index contributed by atoms with van der Waals surface area (Å²) in [7, 11) is 0. The summed E-state index contributed by atoms with van der Waals surface area (Å²) in [4.78, 5) is 9.97. The van der Waals surface area contributed by atoms with Gasteiger partial charge in [-0.3, -0.25) is 4.79 Å². The molecule has 0 aromatic heterocycles. The van der Waals surface area contributed by atoms with E-state index in [1.54, 1.807) is 6.08 Å². The highest BCUT2D eigenvalue weighted by Crippen LogP contribution is 1.88. The molecule has 0 saturated carbocycles. The van der Waals surface area contributed by atoms with E-state index < -0.39 is 5.97 Å². The van der Waals surface area contributed by atoms with Crippen molar-refractivity contribution in [2.24, 2.45) is 0 Å². The Morgan fingerprint density at radius 3 is 2.80 bits per heavy atom. The summed E-state index contributed by atoms with van der Waals surface area (Å²) in [6.07, 6.45) is 5.35. The fourth-order valence-electron chi connectivity index (χ4n) is 0.480. The monoisotopic (exact) mass is 140 g/mol. The van der Waals surface area contributed by atoms with Crippen LogP contribution in [0, 0.1) is 0 Å². The summed E-state index contributed by atoms with van der Waals surface area (Å²) in [5.74, 6) is -0.755. The number of carbonyl (C=O) groups is 1. The maximum absolute atomic E-state index is 9.97. The van der Waals surface area contributed by atoms with Crippen molar-refractivity contribution in [1.82, 2.24) is 0 Å². The van der Waals surface area contributed by atoms with Gasteiger partial charge in [0.15, 0.2) is 0 Å². The molecule has 0 bridgehead atoms. The zero-order chi connectivity index (χ0) is 7.82. The highest BCUT2D eigenvalue weighted by molar-refractivity contribution is 5.66. The molecule has 0 rings (SSSR count). The standard InChI is InChI=1S/C8H12O2/c1-2-3-4-5-6-7-8(9)10/h3,5H,2,6-7H2,1H3,(H,9,10). The van der Waals surface area contributed by atoms with Crippen LogP contribution in [0.3, 0.4) is 0 Å². The van der Waals surface area contributed by atoms with Crippen LogP contribution in [0.4, 0.5) is 0 Å². The Hall–Kier alpha value is -1.01. The van der Waals surface area contributed by atoms with E-state index in [9.17, 15) is 4.79 Å². The third-order valence-electron chi connectivity index (χ3n) is 0.942. The molecule has 0 aliphatic rings. The smallest absolute Gasteiger partial charge is 0.303 e. The van der Waals surface area contributed by atoms with Crippen molar-refractivity contribution in [3.05, 3.63) is 17.9 Å². The van der Waals surface area contributed by atoms with E-state index in [0.717, 1.165) is 6.42 Å². The second-order valence-electron chi connectivity index (χ2n) is 1.92. The van der Waals surface area contributed by atoms with Crippen LogP contribution in [0.1, 0.15) is 26.2 Å². The molecule has 0 spiro atoms. The minimum Gasteiger partial charge on any atom is -0.481 e. The van der Waals surface area contributed by atoms with Gasteiger partial charge in [-0.25, -0.2) is 0 Å². The number of aliphatic carboxylic acids is 1. The summed E-state index contributed by atoms with van der Waals surface area (Å²) in [5, 5.41) is 8.21. The Bertz CT molecular complexity index is 153. The zero-order valence-electron chi connectivity index (χ0n) is 6.13. The van der Waals surface area contributed by atoms with E-state index in [4.69, 9.17) is 5.11 Å². The molecule has 0 aromatic carbocycles. The van der Waals surface area contributed by atoms with E-state index in [1.165, 1.54) is 0 Å². The maximum Gasteiger partial charge on any atom is 0.303 e. The van der Waals surface area contributed by atoms with Crippen molar-refractivity contribution < 1.29 is 9.90 Å². The largest absolute Gasteiger partial charge is 0.481 e. The Balaban J connectivity index is 3.35. The van der Waals surface area contributed by atoms with Crippen molar-refractivity contribution >= 4 is 5.97 Å². The first-order valence-corrected chi connectivity index (χ1v) is 3.38. The Morgan fingerprint density at radius 2 is 2.30 bits per heavy atom. The lowest BCUT2D eigenvalue weighted by atomic mass is 10.3. The van der Waals surface area contributed by atoms with E-state index in [0.29, 0.717) is 6.42 Å². The molecule has 2 heteroatoms. The van der Waals surface area contributed by atoms with Crippen LogP contribution < -0.4 is 0 Å². The third kappa shape index (κ3) is 6.99. The number of hydrogen-bond acceptors (Lipinski definition) is 1. The van der Waals surface area contributed by atoms with Crippen molar-refractivity contribution in [2.45, 2.75) is 26.2 Å². The number of allylic oxidation sites excluding steroid dienone is 1. The molecule has 0 fully saturated rings. The molecule has 0 atom stereocenters. The lowest BCUT2D eigenvalue weighted by Gasteiger charge is -1.82. The van der Waals surface area contributed by atoms with Crippen LogP contribution in [0.5, 0.6) is 0 Å². The number of carboxylic acid groups (broad SMARTS) is 1. The van der Waals surface area contributed by atoms with E-state index in [1.807, 2.05) is 13.0 Å². The number of hydrogen-bond donors (Lipinski definition) is 1. The van der Waals surface area contributed by atoms with Gasteiger partial charge >= 0.3 is 5.97 Å². The first-order valence-electron chi connectivity index (χ1n) is 3.38. The molecule has 0 radical (unpaired) electrons. The van der Waals surface area contributed by atoms with Crippen LogP contribution in [0.15, 0.2) is 17.9 Å². The highest BCUT2D eigenvalue weighted by Gasteiger charge is 1.90. The first kappa shape index (κ1) is 8.99. The van der Waals surface area contributed by atoms with Gasteiger partial charge in [0, 0.05) is 6.42 Å². The molecular weight excluding hydrogens is 128 g/mol. The van der Waals surface area contributed by atoms with Gasteiger partial charge in [-0.2, -0.15) is 0 Å². The Morgan fingerprint density at radius 1 is 1.60 bits per heavy atom. The van der Waals surface area contributed by atoms with Gasteiger partial charge in [-0.15, -0.1) is 5.73 Å². The van der Waals surface area contributed by atoms with Gasteiger partial charge in [0.25, 0.3) is 0 Å². The van der Waals surface area contributed by atoms with Crippen LogP contribution in [0.2, 0.25) is 0 Å². The zero-order valence-corrected chi connectivity index (χ0v) is 6.13. The van der Waals surface area contributed by atoms with Crippen molar-refractivity contribution in [2.75, 3.05) is 0 Å². The minimum absolute atomic E-state index is 0.199. The Kier molecular flexibility index (Phi) is 5.50. The molecule has 56 valence electrons. The van der Waals surface area contributed by atoms with Gasteiger partial charge in [0.05, 0.1) is 0 Å². The lowest BCUT2D eigenvalue weighted by Crippen LogP contribution is -1.91. The summed E-state index contributed by atoms with van der Waals surface area (Å²) < 4.78 is 0. The van der Waals surface area contributed by atoms with Crippen LogP contribution in [0.25, 0.3) is 0 Å². The molecule has 1 N–H and O–H groups in total. The summed E-state index contributed by atoms with van der Waals surface area (Å²) in [5.41, 5.74) is 2.88. The van der Waals surface area contributed by atoms with E-state index >= 15 is 0 Å². The number of rotatable bonds is 4.